The van der Waals surface area contributed by atoms with E-state index in [-0.39, 0.29) is 5.41 Å². The molecule has 1 amide bonds. The lowest BCUT2D eigenvalue weighted by Crippen LogP contribution is -2.61. The summed E-state index contributed by atoms with van der Waals surface area (Å²) in [5.74, 6) is 0.297. The van der Waals surface area contributed by atoms with Gasteiger partial charge in [-0.2, -0.15) is 0 Å². The third-order valence-corrected chi connectivity index (χ3v) is 2.89. The highest BCUT2D eigenvalue weighted by Crippen LogP contribution is 2.38. The predicted octanol–water partition coefficient (Wildman–Crippen LogP) is -0.715. The molecule has 1 spiro atoms. The van der Waals surface area contributed by atoms with Crippen molar-refractivity contribution in [2.45, 2.75) is 6.42 Å². The summed E-state index contributed by atoms with van der Waals surface area (Å²) in [4.78, 5) is 13.1. The van der Waals surface area contributed by atoms with Crippen LogP contribution < -0.4 is 5.43 Å². The molecule has 1 N–H and O–H groups in total. The van der Waals surface area contributed by atoms with Crippen LogP contribution in [0.2, 0.25) is 0 Å². The Balaban J connectivity index is 1.96. The topological polar surface area (TPSA) is 35.6 Å². The van der Waals surface area contributed by atoms with E-state index in [0.717, 1.165) is 26.1 Å². The number of hydrogen-bond acceptors (Lipinski definition) is 3. The van der Waals surface area contributed by atoms with Crippen molar-refractivity contribution in [3.05, 3.63) is 0 Å². The highest BCUT2D eigenvalue weighted by molar-refractivity contribution is 5.79. The van der Waals surface area contributed by atoms with Gasteiger partial charge < -0.3 is 4.90 Å². The van der Waals surface area contributed by atoms with Gasteiger partial charge in [0, 0.05) is 38.5 Å². The Hall–Kier alpha value is -0.610. The number of rotatable bonds is 1. The van der Waals surface area contributed by atoms with E-state index >= 15 is 0 Å². The summed E-state index contributed by atoms with van der Waals surface area (Å²) in [7, 11) is 3.81. The van der Waals surface area contributed by atoms with Crippen LogP contribution >= 0.6 is 0 Å². The molecule has 0 aromatic heterocycles. The molecule has 2 saturated heterocycles. The summed E-state index contributed by atoms with van der Waals surface area (Å²) in [6.45, 7) is 2.96. The van der Waals surface area contributed by atoms with Gasteiger partial charge in [0.05, 0.1) is 0 Å². The second kappa shape index (κ2) is 2.44. The summed E-state index contributed by atoms with van der Waals surface area (Å²) < 4.78 is 0. The van der Waals surface area contributed by atoms with Crippen LogP contribution in [0, 0.1) is 5.41 Å². The van der Waals surface area contributed by atoms with Gasteiger partial charge in [-0.3, -0.25) is 10.2 Å². The zero-order valence-corrected chi connectivity index (χ0v) is 7.63. The van der Waals surface area contributed by atoms with Crippen molar-refractivity contribution in [1.29, 1.82) is 0 Å². The fourth-order valence-electron chi connectivity index (χ4n) is 2.24. The molecule has 2 rings (SSSR count). The molecule has 0 unspecified atom stereocenters. The molecule has 2 aliphatic heterocycles. The molecule has 0 atom stereocenters. The molecule has 2 fully saturated rings. The number of amides is 1. The molecule has 0 aromatic carbocycles. The van der Waals surface area contributed by atoms with Gasteiger partial charge in [-0.15, -0.1) is 0 Å². The minimum atomic E-state index is 0.273. The molecule has 68 valence electrons. The highest BCUT2D eigenvalue weighted by atomic mass is 16.2. The lowest BCUT2D eigenvalue weighted by atomic mass is 9.80. The van der Waals surface area contributed by atoms with Crippen LogP contribution in [0.5, 0.6) is 0 Å². The van der Waals surface area contributed by atoms with E-state index < -0.39 is 0 Å². The molecule has 0 aromatic rings. The molecule has 4 heteroatoms. The van der Waals surface area contributed by atoms with Crippen LogP contribution in [0.4, 0.5) is 0 Å². The van der Waals surface area contributed by atoms with E-state index in [1.54, 1.807) is 0 Å². The van der Waals surface area contributed by atoms with Crippen molar-refractivity contribution in [1.82, 2.24) is 15.3 Å². The van der Waals surface area contributed by atoms with Crippen molar-refractivity contribution < 1.29 is 4.79 Å². The van der Waals surface area contributed by atoms with Crippen LogP contribution in [0.25, 0.3) is 0 Å². The first kappa shape index (κ1) is 8.01. The van der Waals surface area contributed by atoms with Gasteiger partial charge in [-0.25, -0.2) is 5.01 Å². The number of carbonyl (C=O) groups excluding carboxylic acids is 1. The van der Waals surface area contributed by atoms with Gasteiger partial charge in [-0.1, -0.05) is 0 Å². The van der Waals surface area contributed by atoms with E-state index in [1.807, 2.05) is 19.0 Å². The first-order valence-corrected chi connectivity index (χ1v) is 4.32. The Morgan fingerprint density at radius 1 is 1.42 bits per heavy atom. The maximum absolute atomic E-state index is 11.3. The van der Waals surface area contributed by atoms with E-state index in [1.165, 1.54) is 0 Å². The second-order valence-corrected chi connectivity index (χ2v) is 4.01. The summed E-state index contributed by atoms with van der Waals surface area (Å²) >= 11 is 0. The van der Waals surface area contributed by atoms with E-state index in [2.05, 4.69) is 10.4 Å². The number of likely N-dealkylation sites (tertiary alicyclic amines) is 1. The monoisotopic (exact) mass is 169 g/mol. The van der Waals surface area contributed by atoms with E-state index in [4.69, 9.17) is 0 Å². The molecule has 2 aliphatic rings. The Morgan fingerprint density at radius 3 is 2.50 bits per heavy atom. The zero-order valence-electron chi connectivity index (χ0n) is 7.63. The van der Waals surface area contributed by atoms with Crippen molar-refractivity contribution >= 4 is 5.91 Å². The first-order valence-electron chi connectivity index (χ1n) is 4.32. The third-order valence-electron chi connectivity index (χ3n) is 2.89. The molecule has 0 bridgehead atoms. The molecular formula is C8H15N3O. The van der Waals surface area contributed by atoms with Gasteiger partial charge in [0.2, 0.25) is 5.91 Å². The highest BCUT2D eigenvalue weighted by Gasteiger charge is 2.49. The molecule has 2 heterocycles. The maximum atomic E-state index is 11.3. The Kier molecular flexibility index (Phi) is 1.63. The zero-order chi connectivity index (χ0) is 8.77. The molecule has 12 heavy (non-hydrogen) atoms. The lowest BCUT2D eigenvalue weighted by Gasteiger charge is -2.46. The van der Waals surface area contributed by atoms with Gasteiger partial charge in [0.25, 0.3) is 0 Å². The van der Waals surface area contributed by atoms with Crippen molar-refractivity contribution in [3.8, 4) is 0 Å². The average Bonchev–Trinajstić information content (AvgIpc) is 2.25. The Morgan fingerprint density at radius 2 is 2.08 bits per heavy atom. The van der Waals surface area contributed by atoms with E-state index in [9.17, 15) is 4.79 Å². The largest absolute Gasteiger partial charge is 0.345 e. The lowest BCUT2D eigenvalue weighted by molar-refractivity contribution is -0.127. The Labute approximate surface area is 72.5 Å². The molecule has 4 nitrogen and oxygen atoms in total. The van der Waals surface area contributed by atoms with Crippen molar-refractivity contribution in [2.75, 3.05) is 33.7 Å². The predicted molar refractivity (Wildman–Crippen MR) is 45.3 cm³/mol. The van der Waals surface area contributed by atoms with Crippen LogP contribution in [-0.4, -0.2) is 49.5 Å². The molecular weight excluding hydrogens is 154 g/mol. The van der Waals surface area contributed by atoms with Gasteiger partial charge >= 0.3 is 0 Å². The number of hydrazine groups is 1. The standard InChI is InChI=1S/C8H15N3O/c1-9-11-5-8(6-11)3-7(12)10(2)4-8/h9H,3-6H2,1-2H3. The molecule has 0 radical (unpaired) electrons. The number of nitrogens with one attached hydrogen (secondary N) is 1. The summed E-state index contributed by atoms with van der Waals surface area (Å²) in [6.07, 6.45) is 0.738. The smallest absolute Gasteiger partial charge is 0.223 e. The maximum Gasteiger partial charge on any atom is 0.223 e. The van der Waals surface area contributed by atoms with Gasteiger partial charge in [0.15, 0.2) is 0 Å². The normalized spacial score (nSPS) is 28.2. The quantitative estimate of drug-likeness (QED) is 0.563. The minimum Gasteiger partial charge on any atom is -0.345 e. The van der Waals surface area contributed by atoms with Gasteiger partial charge in [-0.05, 0) is 7.05 Å². The van der Waals surface area contributed by atoms with E-state index in [0.29, 0.717) is 5.91 Å². The third kappa shape index (κ3) is 1.03. The van der Waals surface area contributed by atoms with Crippen LogP contribution in [0.1, 0.15) is 6.42 Å². The SMILES string of the molecule is CNN1CC2(CC(=O)N(C)C2)C1. The van der Waals surface area contributed by atoms with Gasteiger partial charge in [0.1, 0.15) is 0 Å². The summed E-state index contributed by atoms with van der Waals surface area (Å²) in [5, 5.41) is 2.15. The van der Waals surface area contributed by atoms with Crippen LogP contribution in [0.15, 0.2) is 0 Å². The molecule has 0 aliphatic carbocycles. The fourth-order valence-corrected chi connectivity index (χ4v) is 2.24. The molecule has 0 saturated carbocycles. The average molecular weight is 169 g/mol. The van der Waals surface area contributed by atoms with Crippen molar-refractivity contribution in [3.63, 3.8) is 0 Å². The Bertz CT molecular complexity index is 210. The minimum absolute atomic E-state index is 0.273. The van der Waals surface area contributed by atoms with Crippen LogP contribution in [0.3, 0.4) is 0 Å². The first-order chi connectivity index (χ1) is 5.65. The number of nitrogens with zero attached hydrogens (tertiary/aromatic N) is 2. The summed E-state index contributed by atoms with van der Waals surface area (Å²) in [6, 6.07) is 0. The number of carbonyl (C=O) groups is 1. The summed E-state index contributed by atoms with van der Waals surface area (Å²) in [5.41, 5.74) is 3.36. The van der Waals surface area contributed by atoms with Crippen LogP contribution in [-0.2, 0) is 4.79 Å². The fraction of sp³-hybridized carbons (Fsp3) is 0.875. The number of hydrogen-bond donors (Lipinski definition) is 1. The van der Waals surface area contributed by atoms with Crippen molar-refractivity contribution in [2.24, 2.45) is 5.41 Å². The second-order valence-electron chi connectivity index (χ2n) is 4.01.